The van der Waals surface area contributed by atoms with Crippen LogP contribution in [-0.2, 0) is 29.0 Å². The quantitative estimate of drug-likeness (QED) is 0.573. The fourth-order valence-corrected chi connectivity index (χ4v) is 2.96. The van der Waals surface area contributed by atoms with Crippen molar-refractivity contribution in [3.05, 3.63) is 71.3 Å². The van der Waals surface area contributed by atoms with E-state index < -0.39 is 18.0 Å². The minimum Gasteiger partial charge on any atom is -0.445 e. The van der Waals surface area contributed by atoms with Crippen LogP contribution in [0.3, 0.4) is 0 Å². The lowest BCUT2D eigenvalue weighted by molar-refractivity contribution is -0.120. The second-order valence-corrected chi connectivity index (χ2v) is 6.97. The van der Waals surface area contributed by atoms with Crippen LogP contribution in [0, 0.1) is 0 Å². The number of hydrogen-bond donors (Lipinski definition) is 2. The molecule has 2 aromatic rings. The van der Waals surface area contributed by atoms with E-state index in [1.165, 1.54) is 24.8 Å². The maximum Gasteiger partial charge on any atom is 0.408 e. The summed E-state index contributed by atoms with van der Waals surface area (Å²) in [5.41, 5.74) is 8.76. The third-order valence-electron chi connectivity index (χ3n) is 4.66. The Kier molecular flexibility index (Phi) is 9.05. The highest BCUT2D eigenvalue weighted by atomic mass is 16.5. The number of nitrogens with one attached hydrogen (secondary N) is 1. The summed E-state index contributed by atoms with van der Waals surface area (Å²) in [6.45, 7) is 2.35. The Morgan fingerprint density at radius 2 is 1.57 bits per heavy atom. The molecule has 0 saturated heterocycles. The van der Waals surface area contributed by atoms with Crippen molar-refractivity contribution in [1.29, 1.82) is 0 Å². The molecule has 2 aromatic carbocycles. The van der Waals surface area contributed by atoms with E-state index >= 15 is 0 Å². The van der Waals surface area contributed by atoms with Gasteiger partial charge in [-0.05, 0) is 42.4 Å². The molecule has 2 amide bonds. The molecule has 5 heteroatoms. The molecule has 1 atom stereocenters. The molecule has 2 rings (SSSR count). The van der Waals surface area contributed by atoms with Gasteiger partial charge in [-0.2, -0.15) is 0 Å². The van der Waals surface area contributed by atoms with Gasteiger partial charge in [0.2, 0.25) is 5.91 Å². The van der Waals surface area contributed by atoms with E-state index in [1.807, 2.05) is 30.3 Å². The number of aryl methyl sites for hydroxylation is 2. The molecule has 0 aliphatic carbocycles. The normalized spacial score (nSPS) is 11.6. The van der Waals surface area contributed by atoms with Gasteiger partial charge in [0.25, 0.3) is 0 Å². The third-order valence-corrected chi connectivity index (χ3v) is 4.66. The van der Waals surface area contributed by atoms with Gasteiger partial charge in [0.15, 0.2) is 0 Å². The molecule has 0 heterocycles. The Hall–Kier alpha value is -2.82. The van der Waals surface area contributed by atoms with E-state index in [4.69, 9.17) is 10.5 Å². The molecule has 0 aromatic heterocycles. The van der Waals surface area contributed by atoms with Gasteiger partial charge < -0.3 is 15.8 Å². The molecule has 5 nitrogen and oxygen atoms in total. The molecule has 0 unspecified atom stereocenters. The number of amides is 2. The Morgan fingerprint density at radius 1 is 0.929 bits per heavy atom. The van der Waals surface area contributed by atoms with E-state index in [0.29, 0.717) is 12.8 Å². The molecule has 0 saturated carbocycles. The molecule has 0 bridgehead atoms. The van der Waals surface area contributed by atoms with Crippen molar-refractivity contribution in [1.82, 2.24) is 5.32 Å². The lowest BCUT2D eigenvalue weighted by atomic mass is 10.0. The second kappa shape index (κ2) is 11.8. The Bertz CT molecular complexity index is 729. The first kappa shape index (κ1) is 21.5. The summed E-state index contributed by atoms with van der Waals surface area (Å²) in [4.78, 5) is 23.7. The van der Waals surface area contributed by atoms with Crippen molar-refractivity contribution in [3.8, 4) is 0 Å². The van der Waals surface area contributed by atoms with Crippen molar-refractivity contribution in [3.63, 3.8) is 0 Å². The summed E-state index contributed by atoms with van der Waals surface area (Å²) in [5.74, 6) is -0.562. The topological polar surface area (TPSA) is 81.4 Å². The molecule has 0 spiro atoms. The zero-order valence-corrected chi connectivity index (χ0v) is 16.5. The number of benzene rings is 2. The van der Waals surface area contributed by atoms with Gasteiger partial charge in [0, 0.05) is 0 Å². The first-order valence-electron chi connectivity index (χ1n) is 9.93. The summed E-state index contributed by atoms with van der Waals surface area (Å²) in [5, 5.41) is 2.57. The number of hydrogen-bond acceptors (Lipinski definition) is 3. The second-order valence-electron chi connectivity index (χ2n) is 6.97. The van der Waals surface area contributed by atoms with Gasteiger partial charge in [-0.3, -0.25) is 4.79 Å². The summed E-state index contributed by atoms with van der Waals surface area (Å²) in [6, 6.07) is 17.0. The first-order valence-corrected chi connectivity index (χ1v) is 9.93. The summed E-state index contributed by atoms with van der Waals surface area (Å²) in [7, 11) is 0. The lowest BCUT2D eigenvalue weighted by Crippen LogP contribution is -2.44. The molecule has 28 heavy (non-hydrogen) atoms. The molecule has 0 aliphatic rings. The first-order chi connectivity index (χ1) is 13.6. The molecule has 150 valence electrons. The van der Waals surface area contributed by atoms with E-state index in [9.17, 15) is 9.59 Å². The number of alkyl carbamates (subject to hydrolysis) is 1. The molecule has 0 radical (unpaired) electrons. The largest absolute Gasteiger partial charge is 0.445 e. The fourth-order valence-electron chi connectivity index (χ4n) is 2.96. The number of nitrogens with two attached hydrogens (primary N) is 1. The molecule has 0 aliphatic heterocycles. The highest BCUT2D eigenvalue weighted by molar-refractivity contribution is 5.84. The van der Waals surface area contributed by atoms with Gasteiger partial charge in [0.05, 0.1) is 0 Å². The Balaban J connectivity index is 1.78. The Morgan fingerprint density at radius 3 is 2.18 bits per heavy atom. The molecular formula is C23H30N2O3. The monoisotopic (exact) mass is 382 g/mol. The predicted molar refractivity (Wildman–Crippen MR) is 111 cm³/mol. The number of primary amides is 1. The van der Waals surface area contributed by atoms with Crippen molar-refractivity contribution in [2.45, 2.75) is 58.1 Å². The number of rotatable bonds is 11. The van der Waals surface area contributed by atoms with Crippen molar-refractivity contribution < 1.29 is 14.3 Å². The van der Waals surface area contributed by atoms with E-state index in [1.54, 1.807) is 0 Å². The lowest BCUT2D eigenvalue weighted by Gasteiger charge is -2.15. The van der Waals surface area contributed by atoms with Crippen LogP contribution in [-0.4, -0.2) is 18.0 Å². The number of unbranched alkanes of at least 4 members (excludes halogenated alkanes) is 2. The van der Waals surface area contributed by atoms with Crippen molar-refractivity contribution in [2.75, 3.05) is 0 Å². The van der Waals surface area contributed by atoms with Gasteiger partial charge in [-0.15, -0.1) is 0 Å². The fraction of sp³-hybridized carbons (Fsp3) is 0.391. The van der Waals surface area contributed by atoms with Crippen LogP contribution in [0.25, 0.3) is 0 Å². The van der Waals surface area contributed by atoms with Crippen LogP contribution >= 0.6 is 0 Å². The number of carbonyl (C=O) groups is 2. The van der Waals surface area contributed by atoms with Gasteiger partial charge in [-0.1, -0.05) is 74.4 Å². The van der Waals surface area contributed by atoms with Gasteiger partial charge in [-0.25, -0.2) is 4.79 Å². The van der Waals surface area contributed by atoms with E-state index in [2.05, 4.69) is 36.5 Å². The van der Waals surface area contributed by atoms with E-state index in [-0.39, 0.29) is 6.61 Å². The van der Waals surface area contributed by atoms with Crippen molar-refractivity contribution in [2.24, 2.45) is 5.73 Å². The average molecular weight is 383 g/mol. The van der Waals surface area contributed by atoms with Crippen LogP contribution < -0.4 is 11.1 Å². The van der Waals surface area contributed by atoms with Gasteiger partial charge in [0.1, 0.15) is 12.6 Å². The zero-order chi connectivity index (χ0) is 20.2. The van der Waals surface area contributed by atoms with Crippen LogP contribution in [0.15, 0.2) is 54.6 Å². The number of carbonyl (C=O) groups excluding carboxylic acids is 2. The van der Waals surface area contributed by atoms with Crippen LogP contribution in [0.4, 0.5) is 4.79 Å². The maximum absolute atomic E-state index is 12.0. The van der Waals surface area contributed by atoms with E-state index in [0.717, 1.165) is 17.5 Å². The summed E-state index contributed by atoms with van der Waals surface area (Å²) in [6.07, 6.45) is 5.20. The predicted octanol–water partition coefficient (Wildman–Crippen LogP) is 4.13. The molecular weight excluding hydrogens is 352 g/mol. The minimum absolute atomic E-state index is 0.150. The molecule has 0 fully saturated rings. The zero-order valence-electron chi connectivity index (χ0n) is 16.5. The maximum atomic E-state index is 12.0. The highest BCUT2D eigenvalue weighted by Crippen LogP contribution is 2.11. The van der Waals surface area contributed by atoms with Crippen molar-refractivity contribution >= 4 is 12.0 Å². The van der Waals surface area contributed by atoms with Gasteiger partial charge >= 0.3 is 6.09 Å². The number of ether oxygens (including phenoxy) is 1. The highest BCUT2D eigenvalue weighted by Gasteiger charge is 2.18. The summed E-state index contributed by atoms with van der Waals surface area (Å²) >= 11 is 0. The SMILES string of the molecule is CCCCCc1ccc(CC[C@H](NC(=O)OCc2ccccc2)C(N)=O)cc1. The summed E-state index contributed by atoms with van der Waals surface area (Å²) < 4.78 is 5.17. The van der Waals surface area contributed by atoms with Crippen LogP contribution in [0.5, 0.6) is 0 Å². The Labute approximate surface area is 167 Å². The van der Waals surface area contributed by atoms with Crippen LogP contribution in [0.2, 0.25) is 0 Å². The average Bonchev–Trinajstić information content (AvgIpc) is 2.71. The minimum atomic E-state index is -0.757. The van der Waals surface area contributed by atoms with Crippen LogP contribution in [0.1, 0.15) is 49.3 Å². The smallest absolute Gasteiger partial charge is 0.408 e. The standard InChI is InChI=1S/C23H30N2O3/c1-2-3-5-8-18-11-13-19(14-12-18)15-16-21(22(24)26)25-23(27)28-17-20-9-6-4-7-10-20/h4,6-7,9-14,21H,2-3,5,8,15-17H2,1H3,(H2,24,26)(H,25,27)/t21-/m0/s1. The third kappa shape index (κ3) is 7.82. The molecule has 3 N–H and O–H groups in total.